The second kappa shape index (κ2) is 7.61. The van der Waals surface area contributed by atoms with Crippen LogP contribution in [0.5, 0.6) is 0 Å². The van der Waals surface area contributed by atoms with Crippen LogP contribution in [0.1, 0.15) is 39.3 Å². The molecule has 0 aliphatic carbocycles. The number of nitrogens with zero attached hydrogens (tertiary/aromatic N) is 2. The van der Waals surface area contributed by atoms with Crippen molar-refractivity contribution >= 4 is 28.0 Å². The van der Waals surface area contributed by atoms with E-state index >= 15 is 0 Å². The first-order valence-corrected chi connectivity index (χ1v) is 11.3. The fourth-order valence-electron chi connectivity index (χ4n) is 5.36. The highest BCUT2D eigenvalue weighted by atomic mass is 16.2. The number of carbonyl (C=O) groups is 2. The largest absolute Gasteiger partial charge is 0.348 e. The van der Waals surface area contributed by atoms with Gasteiger partial charge in [0.15, 0.2) is 0 Å². The van der Waals surface area contributed by atoms with Crippen molar-refractivity contribution < 1.29 is 9.59 Å². The molecule has 4 aromatic rings. The summed E-state index contributed by atoms with van der Waals surface area (Å²) in [5, 5.41) is 5.40. The summed E-state index contributed by atoms with van der Waals surface area (Å²) in [6.07, 6.45) is 4.15. The number of benzene rings is 2. The Labute approximate surface area is 186 Å². The summed E-state index contributed by atoms with van der Waals surface area (Å²) in [5.41, 5.74) is 2.45. The summed E-state index contributed by atoms with van der Waals surface area (Å²) < 4.78 is 1.84. The smallest absolute Gasteiger partial charge is 0.253 e. The van der Waals surface area contributed by atoms with E-state index in [1.165, 1.54) is 0 Å². The van der Waals surface area contributed by atoms with Gasteiger partial charge in [-0.15, -0.1) is 0 Å². The van der Waals surface area contributed by atoms with E-state index in [4.69, 9.17) is 0 Å². The molecule has 7 rings (SSSR count). The van der Waals surface area contributed by atoms with Crippen molar-refractivity contribution in [1.82, 2.24) is 14.6 Å². The number of nitrogens with one attached hydrogen (secondary N) is 1. The van der Waals surface area contributed by atoms with Gasteiger partial charge in [-0.1, -0.05) is 42.5 Å². The Morgan fingerprint density at radius 2 is 1.66 bits per heavy atom. The van der Waals surface area contributed by atoms with Crippen LogP contribution in [0.4, 0.5) is 0 Å². The van der Waals surface area contributed by atoms with Crippen LogP contribution in [0, 0.1) is 5.92 Å². The third-order valence-electron chi connectivity index (χ3n) is 7.14. The van der Waals surface area contributed by atoms with Gasteiger partial charge in [-0.3, -0.25) is 9.59 Å². The molecule has 1 amide bonds. The lowest BCUT2D eigenvalue weighted by atomic mass is 9.84. The van der Waals surface area contributed by atoms with Gasteiger partial charge in [-0.05, 0) is 66.9 Å². The minimum atomic E-state index is -0.0926. The third-order valence-corrected chi connectivity index (χ3v) is 7.14. The lowest BCUT2D eigenvalue weighted by molar-refractivity contribution is 0.0621. The van der Waals surface area contributed by atoms with Crippen LogP contribution < -0.4 is 5.32 Å². The van der Waals surface area contributed by atoms with Crippen LogP contribution >= 0.6 is 0 Å². The normalized spacial score (nSPS) is 22.3. The average molecular weight is 424 g/mol. The van der Waals surface area contributed by atoms with E-state index in [0.29, 0.717) is 22.7 Å². The molecule has 0 spiro atoms. The molecular formula is C27H25N3O2. The molecule has 5 heteroatoms. The van der Waals surface area contributed by atoms with E-state index in [-0.39, 0.29) is 17.7 Å². The summed E-state index contributed by atoms with van der Waals surface area (Å²) in [6, 6.07) is 21.4. The van der Waals surface area contributed by atoms with Crippen molar-refractivity contribution in [2.45, 2.75) is 18.9 Å². The number of pyridine rings is 1. The van der Waals surface area contributed by atoms with Gasteiger partial charge in [0.2, 0.25) is 5.78 Å². The molecule has 3 aliphatic rings. The van der Waals surface area contributed by atoms with E-state index in [1.807, 2.05) is 71.3 Å². The summed E-state index contributed by atoms with van der Waals surface area (Å²) in [5.74, 6) is 0.375. The first kappa shape index (κ1) is 19.3. The van der Waals surface area contributed by atoms with Crippen LogP contribution in [-0.4, -0.2) is 46.7 Å². The monoisotopic (exact) mass is 423 g/mol. The number of carbonyl (C=O) groups excluding carboxylic acids is 2. The highest BCUT2D eigenvalue weighted by Crippen LogP contribution is 2.28. The Kier molecular flexibility index (Phi) is 4.58. The Morgan fingerprint density at radius 3 is 2.44 bits per heavy atom. The number of amides is 1. The van der Waals surface area contributed by atoms with Gasteiger partial charge < -0.3 is 14.6 Å². The molecule has 2 aromatic heterocycles. The highest BCUT2D eigenvalue weighted by Gasteiger charge is 2.35. The second-order valence-corrected chi connectivity index (χ2v) is 9.01. The zero-order chi connectivity index (χ0) is 21.7. The van der Waals surface area contributed by atoms with Crippen molar-refractivity contribution in [2.24, 2.45) is 5.92 Å². The van der Waals surface area contributed by atoms with Crippen LogP contribution in [-0.2, 0) is 0 Å². The van der Waals surface area contributed by atoms with Crippen LogP contribution in [0.25, 0.3) is 16.3 Å². The Bertz CT molecular complexity index is 1350. The number of rotatable bonds is 4. The Hall–Kier alpha value is -3.44. The lowest BCUT2D eigenvalue weighted by Gasteiger charge is -2.44. The summed E-state index contributed by atoms with van der Waals surface area (Å²) in [4.78, 5) is 29.2. The molecule has 2 bridgehead atoms. The fraction of sp³-hybridized carbons (Fsp3) is 0.259. The number of piperidine rings is 3. The topological polar surface area (TPSA) is 53.8 Å². The summed E-state index contributed by atoms with van der Waals surface area (Å²) >= 11 is 0. The molecule has 3 fully saturated rings. The lowest BCUT2D eigenvalue weighted by Crippen LogP contribution is -2.57. The van der Waals surface area contributed by atoms with Crippen molar-refractivity contribution in [3.63, 3.8) is 0 Å². The Balaban J connectivity index is 1.35. The summed E-state index contributed by atoms with van der Waals surface area (Å²) in [7, 11) is 0. The molecule has 5 nitrogen and oxygen atoms in total. The molecule has 0 saturated carbocycles. The molecule has 160 valence electrons. The van der Waals surface area contributed by atoms with Gasteiger partial charge in [-0.25, -0.2) is 0 Å². The van der Waals surface area contributed by atoms with E-state index in [9.17, 15) is 9.59 Å². The quantitative estimate of drug-likeness (QED) is 0.502. The number of ketones is 1. The maximum Gasteiger partial charge on any atom is 0.253 e. The number of fused-ring (bicyclic) bond motifs is 5. The minimum absolute atomic E-state index is 0.0844. The molecule has 3 saturated heterocycles. The van der Waals surface area contributed by atoms with Gasteiger partial charge >= 0.3 is 0 Å². The fourth-order valence-corrected chi connectivity index (χ4v) is 5.36. The molecule has 2 aromatic carbocycles. The van der Waals surface area contributed by atoms with E-state index in [1.54, 1.807) is 6.07 Å². The van der Waals surface area contributed by atoms with Gasteiger partial charge in [0.05, 0.1) is 16.8 Å². The molecule has 3 aliphatic heterocycles. The van der Waals surface area contributed by atoms with Gasteiger partial charge in [0.25, 0.3) is 5.91 Å². The second-order valence-electron chi connectivity index (χ2n) is 9.01. The molecule has 0 radical (unpaired) electrons. The molecule has 1 atom stereocenters. The van der Waals surface area contributed by atoms with Crippen LogP contribution in [0.3, 0.4) is 0 Å². The van der Waals surface area contributed by atoms with E-state index in [0.717, 1.165) is 48.8 Å². The zero-order valence-electron chi connectivity index (χ0n) is 17.8. The van der Waals surface area contributed by atoms with Crippen molar-refractivity contribution in [2.75, 3.05) is 19.6 Å². The standard InChI is InChI=1S/C27H25N3O2/c31-26(21-9-8-18-5-1-2-6-20(18)15-21)25-16-22(24-7-3-4-12-30(24)25)27(32)28-23-17-29-13-10-19(23)11-14-29/h1-9,12,15-16,19,23H,10-11,13-14,17H2,(H,28,32)/t23-/m0/s1. The Morgan fingerprint density at radius 1 is 0.875 bits per heavy atom. The first-order chi connectivity index (χ1) is 15.7. The SMILES string of the molecule is O=C(N[C@H]1CN2CCC1CC2)c1cc(C(=O)c2ccc3ccccc3c2)n2ccccc12. The maximum atomic E-state index is 13.5. The van der Waals surface area contributed by atoms with Crippen LogP contribution in [0.2, 0.25) is 0 Å². The van der Waals surface area contributed by atoms with Crippen molar-refractivity contribution in [3.05, 3.63) is 89.7 Å². The number of hydrogen-bond acceptors (Lipinski definition) is 3. The van der Waals surface area contributed by atoms with Crippen LogP contribution in [0.15, 0.2) is 72.9 Å². The minimum Gasteiger partial charge on any atom is -0.348 e. The highest BCUT2D eigenvalue weighted by molar-refractivity contribution is 6.13. The van der Waals surface area contributed by atoms with Gasteiger partial charge in [0.1, 0.15) is 0 Å². The third kappa shape index (κ3) is 3.21. The van der Waals surface area contributed by atoms with Crippen molar-refractivity contribution in [1.29, 1.82) is 0 Å². The molecular weight excluding hydrogens is 398 g/mol. The summed E-state index contributed by atoms with van der Waals surface area (Å²) in [6.45, 7) is 3.19. The number of hydrogen-bond donors (Lipinski definition) is 1. The molecule has 32 heavy (non-hydrogen) atoms. The zero-order valence-corrected chi connectivity index (χ0v) is 17.8. The van der Waals surface area contributed by atoms with E-state index in [2.05, 4.69) is 10.2 Å². The number of aromatic nitrogens is 1. The van der Waals surface area contributed by atoms with Crippen molar-refractivity contribution in [3.8, 4) is 0 Å². The maximum absolute atomic E-state index is 13.5. The average Bonchev–Trinajstić information content (AvgIpc) is 3.24. The molecule has 1 N–H and O–H groups in total. The van der Waals surface area contributed by atoms with E-state index < -0.39 is 0 Å². The first-order valence-electron chi connectivity index (χ1n) is 11.3. The predicted octanol–water partition coefficient (Wildman–Crippen LogP) is 4.15. The van der Waals surface area contributed by atoms with Gasteiger partial charge in [0, 0.05) is 24.3 Å². The molecule has 5 heterocycles. The van der Waals surface area contributed by atoms with Gasteiger partial charge in [-0.2, -0.15) is 0 Å². The predicted molar refractivity (Wildman–Crippen MR) is 125 cm³/mol. The molecule has 0 unspecified atom stereocenters.